The van der Waals surface area contributed by atoms with Gasteiger partial charge in [0.2, 0.25) is 0 Å². The first-order chi connectivity index (χ1) is 6.22. The molecule has 0 saturated heterocycles. The van der Waals surface area contributed by atoms with Crippen LogP contribution in [0.3, 0.4) is 0 Å². The van der Waals surface area contributed by atoms with Crippen molar-refractivity contribution in [1.29, 1.82) is 0 Å². The zero-order valence-electron chi connectivity index (χ0n) is 6.95. The van der Waals surface area contributed by atoms with Gasteiger partial charge in [-0.05, 0) is 29.9 Å². The second-order valence-corrected chi connectivity index (χ2v) is 2.90. The summed E-state index contributed by atoms with van der Waals surface area (Å²) in [6, 6.07) is 6.86. The van der Waals surface area contributed by atoms with Gasteiger partial charge in [-0.3, -0.25) is 0 Å². The molecule has 0 unspecified atom stereocenters. The Balaban J connectivity index is 2.46. The highest BCUT2D eigenvalue weighted by molar-refractivity contribution is 7.80. The van der Waals surface area contributed by atoms with E-state index < -0.39 is 0 Å². The molecule has 13 heavy (non-hydrogen) atoms. The van der Waals surface area contributed by atoms with Gasteiger partial charge in [-0.1, -0.05) is 12.1 Å². The summed E-state index contributed by atoms with van der Waals surface area (Å²) in [7, 11) is 0. The highest BCUT2D eigenvalue weighted by atomic mass is 32.1. The number of hydrogen-bond acceptors (Lipinski definition) is 3. The van der Waals surface area contributed by atoms with Gasteiger partial charge in [0.05, 0.1) is 0 Å². The molecule has 0 aliphatic carbocycles. The maximum Gasteiger partial charge on any atom is 0.180 e. The van der Waals surface area contributed by atoms with E-state index >= 15 is 0 Å². The zero-order chi connectivity index (χ0) is 9.68. The Morgan fingerprint density at radius 3 is 2.54 bits per heavy atom. The summed E-state index contributed by atoms with van der Waals surface area (Å²) in [5.41, 5.74) is 3.34. The van der Waals surface area contributed by atoms with Gasteiger partial charge < -0.3 is 15.8 Å². The third-order valence-electron chi connectivity index (χ3n) is 1.52. The third-order valence-corrected chi connectivity index (χ3v) is 1.78. The minimum absolute atomic E-state index is 0.253. The lowest BCUT2D eigenvalue weighted by Crippen LogP contribution is -2.39. The van der Waals surface area contributed by atoms with E-state index in [1.807, 2.05) is 12.1 Å². The number of hydrogen-bond donors (Lipinski definition) is 4. The summed E-state index contributed by atoms with van der Waals surface area (Å²) in [6.07, 6.45) is 0. The molecule has 0 aliphatic rings. The van der Waals surface area contributed by atoms with Crippen LogP contribution in [0.15, 0.2) is 24.3 Å². The molecule has 0 aromatic heterocycles. The molecule has 0 aliphatic heterocycles. The zero-order valence-corrected chi connectivity index (χ0v) is 7.77. The van der Waals surface area contributed by atoms with Gasteiger partial charge in [0.1, 0.15) is 5.75 Å². The molecule has 0 heterocycles. The Bertz CT molecular complexity index is 286. The summed E-state index contributed by atoms with van der Waals surface area (Å²) in [5, 5.41) is 12.3. The van der Waals surface area contributed by atoms with Crippen molar-refractivity contribution in [3.8, 4) is 5.75 Å². The van der Waals surface area contributed by atoms with Crippen molar-refractivity contribution in [3.63, 3.8) is 0 Å². The molecule has 5 N–H and O–H groups in total. The lowest BCUT2D eigenvalue weighted by molar-refractivity contribution is 0.475. The molecular formula is C8H11N3OS. The van der Waals surface area contributed by atoms with Crippen LogP contribution in [0.4, 0.5) is 0 Å². The molecule has 1 aromatic carbocycles. The Hall–Kier alpha value is -1.33. The minimum atomic E-state index is 0.253. The molecule has 0 atom stereocenters. The number of phenolic OH excluding ortho intramolecular Hbond substituents is 1. The van der Waals surface area contributed by atoms with Gasteiger partial charge in [0.15, 0.2) is 5.11 Å². The second kappa shape index (κ2) is 4.64. The van der Waals surface area contributed by atoms with E-state index in [1.54, 1.807) is 12.1 Å². The molecular weight excluding hydrogens is 186 g/mol. The maximum atomic E-state index is 9.00. The van der Waals surface area contributed by atoms with Gasteiger partial charge in [0.25, 0.3) is 0 Å². The first kappa shape index (κ1) is 9.76. The van der Waals surface area contributed by atoms with Gasteiger partial charge in [0, 0.05) is 6.54 Å². The van der Waals surface area contributed by atoms with Crippen molar-refractivity contribution >= 4 is 17.3 Å². The van der Waals surface area contributed by atoms with E-state index in [2.05, 4.69) is 10.7 Å². The molecule has 0 radical (unpaired) electrons. The van der Waals surface area contributed by atoms with Crippen molar-refractivity contribution in [1.82, 2.24) is 10.7 Å². The topological polar surface area (TPSA) is 70.3 Å². The van der Waals surface area contributed by atoms with Gasteiger partial charge in [-0.25, -0.2) is 5.84 Å². The number of thiocarbonyl (C=S) groups is 1. The predicted octanol–water partition coefficient (Wildman–Crippen LogP) is 0.230. The van der Waals surface area contributed by atoms with Gasteiger partial charge >= 0.3 is 0 Å². The third kappa shape index (κ3) is 3.27. The number of rotatable bonds is 2. The normalized spacial score (nSPS) is 9.31. The number of aromatic hydroxyl groups is 1. The fourth-order valence-electron chi connectivity index (χ4n) is 0.847. The van der Waals surface area contributed by atoms with Crippen LogP contribution in [0.1, 0.15) is 5.56 Å². The van der Waals surface area contributed by atoms with Crippen LogP contribution in [-0.2, 0) is 6.54 Å². The Morgan fingerprint density at radius 2 is 2.00 bits per heavy atom. The van der Waals surface area contributed by atoms with E-state index in [0.717, 1.165) is 5.56 Å². The molecule has 0 bridgehead atoms. The van der Waals surface area contributed by atoms with E-state index in [9.17, 15) is 0 Å². The SMILES string of the molecule is NNC(=S)NCc1ccc(O)cc1. The Kier molecular flexibility index (Phi) is 3.48. The summed E-state index contributed by atoms with van der Waals surface area (Å²) in [6.45, 7) is 0.587. The summed E-state index contributed by atoms with van der Waals surface area (Å²) >= 11 is 4.78. The van der Waals surface area contributed by atoms with Crippen LogP contribution in [0.2, 0.25) is 0 Å². The highest BCUT2D eigenvalue weighted by Gasteiger charge is 1.94. The highest BCUT2D eigenvalue weighted by Crippen LogP contribution is 2.08. The van der Waals surface area contributed by atoms with Crippen molar-refractivity contribution in [2.24, 2.45) is 5.84 Å². The van der Waals surface area contributed by atoms with E-state index in [0.29, 0.717) is 11.7 Å². The van der Waals surface area contributed by atoms with Gasteiger partial charge in [-0.15, -0.1) is 0 Å². The quantitative estimate of drug-likeness (QED) is 0.310. The predicted molar refractivity (Wildman–Crippen MR) is 54.9 cm³/mol. The first-order valence-corrected chi connectivity index (χ1v) is 4.15. The lowest BCUT2D eigenvalue weighted by Gasteiger charge is -2.06. The van der Waals surface area contributed by atoms with E-state index in [-0.39, 0.29) is 5.75 Å². The van der Waals surface area contributed by atoms with E-state index in [1.165, 1.54) is 0 Å². The number of nitrogens with one attached hydrogen (secondary N) is 2. The monoisotopic (exact) mass is 197 g/mol. The average Bonchev–Trinajstić information content (AvgIpc) is 2.16. The molecule has 0 saturated carbocycles. The summed E-state index contributed by atoms with van der Waals surface area (Å²) in [4.78, 5) is 0. The van der Waals surface area contributed by atoms with Crippen LogP contribution in [0.25, 0.3) is 0 Å². The summed E-state index contributed by atoms with van der Waals surface area (Å²) in [5.74, 6) is 5.32. The number of phenols is 1. The van der Waals surface area contributed by atoms with Crippen molar-refractivity contribution < 1.29 is 5.11 Å². The molecule has 5 heteroatoms. The van der Waals surface area contributed by atoms with Crippen molar-refractivity contribution in [2.75, 3.05) is 0 Å². The smallest absolute Gasteiger partial charge is 0.180 e. The fraction of sp³-hybridized carbons (Fsp3) is 0.125. The largest absolute Gasteiger partial charge is 0.508 e. The Labute approximate surface area is 81.7 Å². The molecule has 0 amide bonds. The van der Waals surface area contributed by atoms with Crippen molar-refractivity contribution in [2.45, 2.75) is 6.54 Å². The molecule has 1 rings (SSSR count). The molecule has 70 valence electrons. The van der Waals surface area contributed by atoms with Crippen LogP contribution in [0.5, 0.6) is 5.75 Å². The fourth-order valence-corrected chi connectivity index (χ4v) is 0.919. The van der Waals surface area contributed by atoms with Crippen LogP contribution < -0.4 is 16.6 Å². The average molecular weight is 197 g/mol. The van der Waals surface area contributed by atoms with E-state index in [4.69, 9.17) is 23.2 Å². The standard InChI is InChI=1S/C8H11N3OS/c9-11-8(13)10-5-6-1-3-7(12)4-2-6/h1-4,12H,5,9H2,(H2,10,11,13). The van der Waals surface area contributed by atoms with Crippen LogP contribution in [0, 0.1) is 0 Å². The molecule has 4 nitrogen and oxygen atoms in total. The van der Waals surface area contributed by atoms with Crippen molar-refractivity contribution in [3.05, 3.63) is 29.8 Å². The number of benzene rings is 1. The lowest BCUT2D eigenvalue weighted by atomic mass is 10.2. The second-order valence-electron chi connectivity index (χ2n) is 2.49. The first-order valence-electron chi connectivity index (χ1n) is 3.74. The molecule has 0 fully saturated rings. The van der Waals surface area contributed by atoms with Gasteiger partial charge in [-0.2, -0.15) is 0 Å². The number of hydrazine groups is 1. The molecule has 0 spiro atoms. The molecule has 1 aromatic rings. The Morgan fingerprint density at radius 1 is 1.38 bits per heavy atom. The van der Waals surface area contributed by atoms with Crippen LogP contribution in [-0.4, -0.2) is 10.2 Å². The maximum absolute atomic E-state index is 9.00. The summed E-state index contributed by atoms with van der Waals surface area (Å²) < 4.78 is 0. The van der Waals surface area contributed by atoms with Crippen LogP contribution >= 0.6 is 12.2 Å². The minimum Gasteiger partial charge on any atom is -0.508 e. The number of nitrogens with two attached hydrogens (primary N) is 1.